The van der Waals surface area contributed by atoms with E-state index in [1.54, 1.807) is 11.8 Å². The number of amides is 1. The highest BCUT2D eigenvalue weighted by Crippen LogP contribution is 2.36. The zero-order valence-electron chi connectivity index (χ0n) is 14.6. The van der Waals surface area contributed by atoms with Gasteiger partial charge in [-0.05, 0) is 32.7 Å². The lowest BCUT2D eigenvalue weighted by Crippen LogP contribution is -2.34. The number of ether oxygens (including phenoxy) is 2. The van der Waals surface area contributed by atoms with Crippen LogP contribution in [0.4, 0.5) is 5.69 Å². The van der Waals surface area contributed by atoms with Crippen molar-refractivity contribution < 1.29 is 19.2 Å². The summed E-state index contributed by atoms with van der Waals surface area (Å²) in [6, 6.07) is 2.62. The maximum absolute atomic E-state index is 12.9. The Bertz CT molecular complexity index is 640. The summed E-state index contributed by atoms with van der Waals surface area (Å²) in [6.45, 7) is 5.06. The maximum Gasteiger partial charge on any atom is 0.286 e. The second kappa shape index (κ2) is 8.87. The summed E-state index contributed by atoms with van der Waals surface area (Å²) in [4.78, 5) is 25.3. The summed E-state index contributed by atoms with van der Waals surface area (Å²) in [5.41, 5.74) is 5.41. The highest BCUT2D eigenvalue weighted by atomic mass is 35.5. The van der Waals surface area contributed by atoms with E-state index < -0.39 is 4.92 Å². The molecule has 25 heavy (non-hydrogen) atoms. The standard InChI is InChI=1S/C16H23N3O5.ClH/c1-4-24-15-6-12(13(19(21)22)7-14(15)23-3)16(20)18-9-11(8-17)5-10(18)2;/h6-7,10-11H,4-5,8-9,17H2,1-3H3;1H. The Morgan fingerprint density at radius 2 is 2.12 bits per heavy atom. The number of nitrogens with two attached hydrogens (primary N) is 1. The van der Waals surface area contributed by atoms with Gasteiger partial charge in [-0.15, -0.1) is 12.4 Å². The zero-order valence-corrected chi connectivity index (χ0v) is 15.4. The molecule has 2 unspecified atom stereocenters. The minimum atomic E-state index is -0.577. The van der Waals surface area contributed by atoms with Crippen molar-refractivity contribution in [2.45, 2.75) is 26.3 Å². The van der Waals surface area contributed by atoms with E-state index >= 15 is 0 Å². The molecule has 8 nitrogen and oxygen atoms in total. The van der Waals surface area contributed by atoms with Crippen LogP contribution in [0.5, 0.6) is 11.5 Å². The quantitative estimate of drug-likeness (QED) is 0.605. The number of methoxy groups -OCH3 is 1. The van der Waals surface area contributed by atoms with Crippen LogP contribution in [-0.4, -0.2) is 48.6 Å². The van der Waals surface area contributed by atoms with Gasteiger partial charge >= 0.3 is 0 Å². The number of carbonyl (C=O) groups excluding carboxylic acids is 1. The smallest absolute Gasteiger partial charge is 0.286 e. The summed E-state index contributed by atoms with van der Waals surface area (Å²) in [7, 11) is 1.40. The monoisotopic (exact) mass is 373 g/mol. The molecule has 0 saturated carbocycles. The first-order valence-corrected chi connectivity index (χ1v) is 7.93. The highest BCUT2D eigenvalue weighted by Gasteiger charge is 2.35. The number of hydrogen-bond donors (Lipinski definition) is 1. The van der Waals surface area contributed by atoms with Gasteiger partial charge in [0.15, 0.2) is 11.5 Å². The van der Waals surface area contributed by atoms with E-state index in [4.69, 9.17) is 15.2 Å². The zero-order chi connectivity index (χ0) is 17.9. The Labute approximate surface area is 152 Å². The van der Waals surface area contributed by atoms with Crippen molar-refractivity contribution >= 4 is 24.0 Å². The molecule has 1 aliphatic rings. The van der Waals surface area contributed by atoms with Gasteiger partial charge in [0.2, 0.25) is 0 Å². The molecule has 9 heteroatoms. The SMILES string of the molecule is CCOc1cc(C(=O)N2CC(CN)CC2C)c([N+](=O)[O-])cc1OC.Cl. The second-order valence-corrected chi connectivity index (χ2v) is 5.85. The molecule has 2 N–H and O–H groups in total. The molecule has 2 rings (SSSR count). The summed E-state index contributed by atoms with van der Waals surface area (Å²) < 4.78 is 10.6. The maximum atomic E-state index is 12.9. The van der Waals surface area contributed by atoms with Gasteiger partial charge < -0.3 is 20.1 Å². The molecule has 1 saturated heterocycles. The first-order chi connectivity index (χ1) is 11.4. The van der Waals surface area contributed by atoms with E-state index in [1.807, 2.05) is 6.92 Å². The Balaban J connectivity index is 0.00000312. The lowest BCUT2D eigenvalue weighted by molar-refractivity contribution is -0.385. The summed E-state index contributed by atoms with van der Waals surface area (Å²) in [5.74, 6) is 0.381. The van der Waals surface area contributed by atoms with Crippen LogP contribution in [0, 0.1) is 16.0 Å². The second-order valence-electron chi connectivity index (χ2n) is 5.85. The number of halogens is 1. The highest BCUT2D eigenvalue weighted by molar-refractivity contribution is 5.99. The molecule has 1 aromatic rings. The van der Waals surface area contributed by atoms with E-state index in [0.717, 1.165) is 6.42 Å². The lowest BCUT2D eigenvalue weighted by atomic mass is 10.1. The molecule has 1 fully saturated rings. The van der Waals surface area contributed by atoms with Crippen molar-refractivity contribution in [3.05, 3.63) is 27.8 Å². The number of nitro benzene ring substituents is 1. The molecule has 2 atom stereocenters. The van der Waals surface area contributed by atoms with E-state index in [0.29, 0.717) is 25.4 Å². The van der Waals surface area contributed by atoms with Gasteiger partial charge in [0, 0.05) is 18.7 Å². The number of hydrogen-bond acceptors (Lipinski definition) is 6. The fourth-order valence-electron chi connectivity index (χ4n) is 3.05. The van der Waals surface area contributed by atoms with Crippen molar-refractivity contribution in [3.8, 4) is 11.5 Å². The largest absolute Gasteiger partial charge is 0.493 e. The average Bonchev–Trinajstić information content (AvgIpc) is 2.94. The third kappa shape index (κ3) is 4.32. The van der Waals surface area contributed by atoms with Gasteiger partial charge in [0.25, 0.3) is 11.6 Å². The minimum absolute atomic E-state index is 0. The number of nitro groups is 1. The Morgan fingerprint density at radius 3 is 2.60 bits per heavy atom. The van der Waals surface area contributed by atoms with Crippen LogP contribution in [0.1, 0.15) is 30.6 Å². The molecule has 140 valence electrons. The molecule has 0 aliphatic carbocycles. The van der Waals surface area contributed by atoms with Crippen LogP contribution in [-0.2, 0) is 0 Å². The van der Waals surface area contributed by atoms with Crippen LogP contribution >= 0.6 is 12.4 Å². The topological polar surface area (TPSA) is 108 Å². The van der Waals surface area contributed by atoms with Crippen molar-refractivity contribution in [2.24, 2.45) is 11.7 Å². The molecule has 1 aliphatic heterocycles. The van der Waals surface area contributed by atoms with Gasteiger partial charge in [-0.2, -0.15) is 0 Å². The third-order valence-corrected chi connectivity index (χ3v) is 4.26. The van der Waals surface area contributed by atoms with E-state index in [9.17, 15) is 14.9 Å². The predicted molar refractivity (Wildman–Crippen MR) is 95.7 cm³/mol. The number of benzene rings is 1. The van der Waals surface area contributed by atoms with Crippen LogP contribution in [0.2, 0.25) is 0 Å². The van der Waals surface area contributed by atoms with E-state index in [-0.39, 0.29) is 47.3 Å². The van der Waals surface area contributed by atoms with Crippen LogP contribution in [0.3, 0.4) is 0 Å². The first kappa shape index (κ1) is 21.0. The lowest BCUT2D eigenvalue weighted by Gasteiger charge is -2.22. The van der Waals surface area contributed by atoms with Crippen molar-refractivity contribution in [3.63, 3.8) is 0 Å². The number of carbonyl (C=O) groups is 1. The molecule has 0 bridgehead atoms. The molecule has 0 radical (unpaired) electrons. The van der Waals surface area contributed by atoms with Gasteiger partial charge in [-0.3, -0.25) is 14.9 Å². The number of likely N-dealkylation sites (tertiary alicyclic amines) is 1. The van der Waals surface area contributed by atoms with E-state index in [2.05, 4.69) is 0 Å². The Hall–Kier alpha value is -2.06. The van der Waals surface area contributed by atoms with Crippen molar-refractivity contribution in [1.29, 1.82) is 0 Å². The summed E-state index contributed by atoms with van der Waals surface area (Å²) in [6.07, 6.45) is 0.796. The molecule has 1 heterocycles. The number of rotatable bonds is 6. The molecular weight excluding hydrogens is 350 g/mol. The van der Waals surface area contributed by atoms with Crippen molar-refractivity contribution in [2.75, 3.05) is 26.8 Å². The van der Waals surface area contributed by atoms with Crippen molar-refractivity contribution in [1.82, 2.24) is 4.90 Å². The van der Waals surface area contributed by atoms with Gasteiger partial charge in [0.05, 0.1) is 24.7 Å². The summed E-state index contributed by atoms with van der Waals surface area (Å²) >= 11 is 0. The fourth-order valence-corrected chi connectivity index (χ4v) is 3.05. The number of nitrogens with zero attached hydrogens (tertiary/aromatic N) is 2. The van der Waals surface area contributed by atoms with Crippen LogP contribution in [0.25, 0.3) is 0 Å². The summed E-state index contributed by atoms with van der Waals surface area (Å²) in [5, 5.41) is 11.4. The average molecular weight is 374 g/mol. The molecule has 1 aromatic carbocycles. The minimum Gasteiger partial charge on any atom is -0.493 e. The van der Waals surface area contributed by atoms with Gasteiger partial charge in [-0.25, -0.2) is 0 Å². The molecule has 0 aromatic heterocycles. The predicted octanol–water partition coefficient (Wildman–Crippen LogP) is 2.23. The van der Waals surface area contributed by atoms with Crippen LogP contribution in [0.15, 0.2) is 12.1 Å². The van der Waals surface area contributed by atoms with E-state index in [1.165, 1.54) is 19.2 Å². The Morgan fingerprint density at radius 1 is 1.44 bits per heavy atom. The molecule has 1 amide bonds. The van der Waals surface area contributed by atoms with Crippen LogP contribution < -0.4 is 15.2 Å². The molecular formula is C16H24ClN3O5. The van der Waals surface area contributed by atoms with Gasteiger partial charge in [-0.1, -0.05) is 0 Å². The fraction of sp³-hybridized carbons (Fsp3) is 0.562. The Kier molecular flexibility index (Phi) is 7.44. The normalized spacial score (nSPS) is 19.3. The molecule has 0 spiro atoms. The third-order valence-electron chi connectivity index (χ3n) is 4.26. The van der Waals surface area contributed by atoms with Gasteiger partial charge in [0.1, 0.15) is 5.56 Å². The first-order valence-electron chi connectivity index (χ1n) is 7.93.